The molecule has 0 fully saturated rings. The van der Waals surface area contributed by atoms with E-state index in [-0.39, 0.29) is 0 Å². The molecular formula is C11H14O2. The summed E-state index contributed by atoms with van der Waals surface area (Å²) >= 11 is 0. The van der Waals surface area contributed by atoms with Crippen molar-refractivity contribution in [3.05, 3.63) is 48.6 Å². The van der Waals surface area contributed by atoms with Crippen molar-refractivity contribution < 1.29 is 10.2 Å². The van der Waals surface area contributed by atoms with Gasteiger partial charge in [0, 0.05) is 6.42 Å². The van der Waals surface area contributed by atoms with Crippen molar-refractivity contribution in [1.29, 1.82) is 0 Å². The highest BCUT2D eigenvalue weighted by molar-refractivity contribution is 5.17. The minimum atomic E-state index is -0.643. The fourth-order valence-corrected chi connectivity index (χ4v) is 1.14. The van der Waals surface area contributed by atoms with Gasteiger partial charge in [0.25, 0.3) is 0 Å². The topological polar surface area (TPSA) is 40.5 Å². The smallest absolute Gasteiger partial charge is 0.0817 e. The van der Waals surface area contributed by atoms with Gasteiger partial charge in [0.1, 0.15) is 0 Å². The molecule has 0 aliphatic heterocycles. The van der Waals surface area contributed by atoms with E-state index in [1.807, 2.05) is 30.3 Å². The summed E-state index contributed by atoms with van der Waals surface area (Å²) in [6.45, 7) is 3.45. The van der Waals surface area contributed by atoms with Crippen LogP contribution in [0, 0.1) is 0 Å². The Labute approximate surface area is 78.2 Å². The summed E-state index contributed by atoms with van der Waals surface area (Å²) in [5.74, 6) is 0. The van der Waals surface area contributed by atoms with E-state index in [4.69, 9.17) is 0 Å². The monoisotopic (exact) mass is 178 g/mol. The zero-order chi connectivity index (χ0) is 9.68. The predicted octanol–water partition coefficient (Wildman–Crippen LogP) is 1.66. The van der Waals surface area contributed by atoms with Gasteiger partial charge in [0.15, 0.2) is 0 Å². The van der Waals surface area contributed by atoms with Gasteiger partial charge in [-0.2, -0.15) is 0 Å². The molecule has 0 heterocycles. The average molecular weight is 178 g/mol. The first-order chi connectivity index (χ1) is 6.24. The highest BCUT2D eigenvalue weighted by Crippen LogP contribution is 2.17. The molecule has 0 saturated heterocycles. The molecule has 0 aliphatic carbocycles. The van der Waals surface area contributed by atoms with Crippen molar-refractivity contribution in [3.63, 3.8) is 0 Å². The lowest BCUT2D eigenvalue weighted by Gasteiger charge is -2.12. The maximum atomic E-state index is 9.61. The molecule has 1 rings (SSSR count). The van der Waals surface area contributed by atoms with Gasteiger partial charge in [0.05, 0.1) is 12.2 Å². The molecule has 1 aromatic rings. The van der Waals surface area contributed by atoms with E-state index in [2.05, 4.69) is 6.58 Å². The van der Waals surface area contributed by atoms with Gasteiger partial charge in [-0.05, 0) is 5.56 Å². The first kappa shape index (κ1) is 9.96. The van der Waals surface area contributed by atoms with Crippen LogP contribution in [0.25, 0.3) is 0 Å². The van der Waals surface area contributed by atoms with E-state index in [9.17, 15) is 10.2 Å². The van der Waals surface area contributed by atoms with E-state index in [0.717, 1.165) is 5.56 Å². The van der Waals surface area contributed by atoms with Crippen molar-refractivity contribution in [2.75, 3.05) is 0 Å². The van der Waals surface area contributed by atoms with E-state index >= 15 is 0 Å². The van der Waals surface area contributed by atoms with Crippen molar-refractivity contribution in [2.24, 2.45) is 0 Å². The quantitative estimate of drug-likeness (QED) is 0.688. The van der Waals surface area contributed by atoms with Gasteiger partial charge < -0.3 is 10.2 Å². The lowest BCUT2D eigenvalue weighted by Crippen LogP contribution is -2.08. The lowest BCUT2D eigenvalue weighted by molar-refractivity contribution is 0.105. The Bertz CT molecular complexity index is 256. The fourth-order valence-electron chi connectivity index (χ4n) is 1.14. The Hall–Kier alpha value is -1.12. The van der Waals surface area contributed by atoms with Gasteiger partial charge >= 0.3 is 0 Å². The molecule has 70 valence electrons. The molecule has 0 saturated carbocycles. The molecule has 13 heavy (non-hydrogen) atoms. The summed E-state index contributed by atoms with van der Waals surface area (Å²) in [7, 11) is 0. The van der Waals surface area contributed by atoms with Crippen LogP contribution in [0.15, 0.2) is 43.0 Å². The number of benzene rings is 1. The van der Waals surface area contributed by atoms with Crippen LogP contribution in [0.5, 0.6) is 0 Å². The summed E-state index contributed by atoms with van der Waals surface area (Å²) in [4.78, 5) is 0. The highest BCUT2D eigenvalue weighted by atomic mass is 16.3. The zero-order valence-corrected chi connectivity index (χ0v) is 7.43. The maximum Gasteiger partial charge on any atom is 0.0817 e. The van der Waals surface area contributed by atoms with Gasteiger partial charge in [0.2, 0.25) is 0 Å². The lowest BCUT2D eigenvalue weighted by atomic mass is 10.0. The minimum Gasteiger partial charge on any atom is -0.389 e. The van der Waals surface area contributed by atoms with Crippen molar-refractivity contribution in [1.82, 2.24) is 0 Å². The van der Waals surface area contributed by atoms with Crippen LogP contribution >= 0.6 is 0 Å². The number of hydrogen-bond acceptors (Lipinski definition) is 2. The molecule has 0 amide bonds. The second kappa shape index (κ2) is 4.80. The third-order valence-corrected chi connectivity index (χ3v) is 1.92. The molecule has 2 nitrogen and oxygen atoms in total. The Morgan fingerprint density at radius 1 is 1.23 bits per heavy atom. The first-order valence-corrected chi connectivity index (χ1v) is 4.27. The molecule has 2 N–H and O–H groups in total. The largest absolute Gasteiger partial charge is 0.389 e. The Balaban J connectivity index is 2.58. The van der Waals surface area contributed by atoms with Crippen molar-refractivity contribution in [2.45, 2.75) is 18.6 Å². The van der Waals surface area contributed by atoms with Crippen LogP contribution in [0.3, 0.4) is 0 Å². The minimum absolute atomic E-state index is 0.299. The molecule has 0 bridgehead atoms. The third kappa shape index (κ3) is 3.01. The third-order valence-electron chi connectivity index (χ3n) is 1.92. The van der Waals surface area contributed by atoms with E-state index in [1.165, 1.54) is 6.08 Å². The molecule has 1 aromatic carbocycles. The number of aliphatic hydroxyl groups excluding tert-OH is 2. The van der Waals surface area contributed by atoms with E-state index < -0.39 is 12.2 Å². The highest BCUT2D eigenvalue weighted by Gasteiger charge is 2.10. The number of hydrogen-bond donors (Lipinski definition) is 2. The zero-order valence-electron chi connectivity index (χ0n) is 7.43. The standard InChI is InChI=1S/C11H14O2/c1-2-10(12)8-11(13)9-6-4-3-5-7-9/h2-7,10-13H,1,8H2/t10-,11-/m1/s1. The van der Waals surface area contributed by atoms with Gasteiger partial charge in [-0.1, -0.05) is 36.4 Å². The Morgan fingerprint density at radius 3 is 2.38 bits per heavy atom. The Kier molecular flexibility index (Phi) is 3.68. The van der Waals surface area contributed by atoms with Crippen LogP contribution in [0.4, 0.5) is 0 Å². The molecule has 2 atom stereocenters. The van der Waals surface area contributed by atoms with E-state index in [1.54, 1.807) is 0 Å². The summed E-state index contributed by atoms with van der Waals surface area (Å²) in [6.07, 6.45) is 0.462. The molecule has 0 aromatic heterocycles. The molecule has 0 unspecified atom stereocenters. The van der Waals surface area contributed by atoms with E-state index in [0.29, 0.717) is 6.42 Å². The summed E-state index contributed by atoms with van der Waals surface area (Å²) < 4.78 is 0. The molecule has 2 heteroatoms. The van der Waals surface area contributed by atoms with Crippen LogP contribution in [-0.2, 0) is 0 Å². The fraction of sp³-hybridized carbons (Fsp3) is 0.273. The molecule has 0 spiro atoms. The average Bonchev–Trinajstić information content (AvgIpc) is 2.19. The summed E-state index contributed by atoms with van der Waals surface area (Å²) in [5.41, 5.74) is 0.823. The number of rotatable bonds is 4. The van der Waals surface area contributed by atoms with Gasteiger partial charge in [-0.15, -0.1) is 6.58 Å². The number of aliphatic hydroxyl groups is 2. The van der Waals surface area contributed by atoms with Gasteiger partial charge in [-0.3, -0.25) is 0 Å². The van der Waals surface area contributed by atoms with Crippen molar-refractivity contribution in [3.8, 4) is 0 Å². The van der Waals surface area contributed by atoms with Crippen LogP contribution < -0.4 is 0 Å². The van der Waals surface area contributed by atoms with Gasteiger partial charge in [-0.25, -0.2) is 0 Å². The normalized spacial score (nSPS) is 14.9. The summed E-state index contributed by atoms with van der Waals surface area (Å²) in [6, 6.07) is 9.28. The van der Waals surface area contributed by atoms with Crippen LogP contribution in [-0.4, -0.2) is 16.3 Å². The first-order valence-electron chi connectivity index (χ1n) is 4.27. The maximum absolute atomic E-state index is 9.61. The van der Waals surface area contributed by atoms with Crippen LogP contribution in [0.1, 0.15) is 18.1 Å². The molecule has 0 aliphatic rings. The summed E-state index contributed by atoms with van der Waals surface area (Å²) in [5, 5.41) is 18.8. The second-order valence-corrected chi connectivity index (χ2v) is 2.97. The van der Waals surface area contributed by atoms with Crippen LogP contribution in [0.2, 0.25) is 0 Å². The molecule has 0 radical (unpaired) electrons. The Morgan fingerprint density at radius 2 is 1.85 bits per heavy atom. The van der Waals surface area contributed by atoms with Crippen molar-refractivity contribution >= 4 is 0 Å². The molecular weight excluding hydrogens is 164 g/mol. The second-order valence-electron chi connectivity index (χ2n) is 2.97. The predicted molar refractivity (Wildman–Crippen MR) is 52.2 cm³/mol. The SMILES string of the molecule is C=C[C@@H](O)C[C@@H](O)c1ccccc1.